The third-order valence-electron chi connectivity index (χ3n) is 4.10. The number of hydrogen-bond donors (Lipinski definition) is 2. The van der Waals surface area contributed by atoms with Gasteiger partial charge in [-0.05, 0) is 35.9 Å². The number of benzene rings is 2. The molecule has 0 aliphatic heterocycles. The maximum absolute atomic E-state index is 12.5. The molecule has 2 aromatic heterocycles. The van der Waals surface area contributed by atoms with Crippen LogP contribution in [-0.4, -0.2) is 20.9 Å². The second-order valence-electron chi connectivity index (χ2n) is 5.66. The van der Waals surface area contributed by atoms with E-state index in [9.17, 15) is 4.79 Å². The first kappa shape index (κ1) is 15.0. The highest BCUT2D eigenvalue weighted by Crippen LogP contribution is 2.19. The Hall–Kier alpha value is -3.54. The summed E-state index contributed by atoms with van der Waals surface area (Å²) >= 11 is 0. The van der Waals surface area contributed by atoms with Crippen LogP contribution in [0.1, 0.15) is 15.9 Å². The lowest BCUT2D eigenvalue weighted by molar-refractivity contribution is 0.0951. The zero-order valence-electron chi connectivity index (χ0n) is 13.3. The van der Waals surface area contributed by atoms with E-state index in [1.165, 1.54) is 6.33 Å². The van der Waals surface area contributed by atoms with E-state index < -0.39 is 0 Å². The number of carbonyl (C=O) groups is 1. The molecule has 3 N–H and O–H groups in total. The minimum atomic E-state index is -0.167. The summed E-state index contributed by atoms with van der Waals surface area (Å²) in [5.41, 5.74) is 8.92. The van der Waals surface area contributed by atoms with E-state index in [2.05, 4.69) is 20.3 Å². The number of fused-ring (bicyclic) bond motifs is 2. The Balaban J connectivity index is 1.58. The van der Waals surface area contributed by atoms with E-state index in [1.807, 2.05) is 30.3 Å². The molecular weight excluding hydrogens is 314 g/mol. The van der Waals surface area contributed by atoms with E-state index in [1.54, 1.807) is 24.4 Å². The van der Waals surface area contributed by atoms with E-state index in [-0.39, 0.29) is 5.91 Å². The highest BCUT2D eigenvalue weighted by molar-refractivity contribution is 5.99. The van der Waals surface area contributed by atoms with Crippen LogP contribution in [0.25, 0.3) is 21.8 Å². The Kier molecular flexibility index (Phi) is 3.70. The van der Waals surface area contributed by atoms with Gasteiger partial charge in [0.2, 0.25) is 0 Å². The fraction of sp³-hybridized carbons (Fsp3) is 0.0526. The zero-order valence-corrected chi connectivity index (χ0v) is 13.3. The van der Waals surface area contributed by atoms with Crippen LogP contribution >= 0.6 is 0 Å². The predicted octanol–water partition coefficient (Wildman–Crippen LogP) is 2.69. The van der Waals surface area contributed by atoms with Gasteiger partial charge in [0.1, 0.15) is 12.1 Å². The molecule has 0 unspecified atom stereocenters. The first-order valence-corrected chi connectivity index (χ1v) is 7.83. The molecule has 25 heavy (non-hydrogen) atoms. The fourth-order valence-corrected chi connectivity index (χ4v) is 2.82. The van der Waals surface area contributed by atoms with Gasteiger partial charge in [-0.3, -0.25) is 9.78 Å². The van der Waals surface area contributed by atoms with Crippen molar-refractivity contribution in [3.05, 3.63) is 72.2 Å². The number of aromatic nitrogens is 3. The van der Waals surface area contributed by atoms with Crippen molar-refractivity contribution in [1.29, 1.82) is 0 Å². The maximum Gasteiger partial charge on any atom is 0.251 e. The Labute approximate surface area is 143 Å². The van der Waals surface area contributed by atoms with Gasteiger partial charge in [0.05, 0.1) is 11.0 Å². The van der Waals surface area contributed by atoms with Crippen molar-refractivity contribution < 1.29 is 4.79 Å². The molecule has 0 aliphatic carbocycles. The minimum absolute atomic E-state index is 0.167. The topological polar surface area (TPSA) is 93.8 Å². The summed E-state index contributed by atoms with van der Waals surface area (Å²) in [6.45, 7) is 0.422. The van der Waals surface area contributed by atoms with Crippen molar-refractivity contribution in [2.75, 3.05) is 5.73 Å². The van der Waals surface area contributed by atoms with Gasteiger partial charge in [-0.2, -0.15) is 0 Å². The molecule has 0 radical (unpaired) electrons. The molecule has 0 atom stereocenters. The Bertz CT molecular complexity index is 1090. The molecule has 0 saturated heterocycles. The van der Waals surface area contributed by atoms with E-state index in [0.29, 0.717) is 23.4 Å². The summed E-state index contributed by atoms with van der Waals surface area (Å²) in [5.74, 6) is 0.236. The molecule has 4 rings (SSSR count). The summed E-state index contributed by atoms with van der Waals surface area (Å²) in [7, 11) is 0. The van der Waals surface area contributed by atoms with Crippen LogP contribution in [0.2, 0.25) is 0 Å². The summed E-state index contributed by atoms with van der Waals surface area (Å²) < 4.78 is 0. The van der Waals surface area contributed by atoms with Crippen LogP contribution in [0.15, 0.2) is 61.1 Å². The van der Waals surface area contributed by atoms with Gasteiger partial charge in [0.15, 0.2) is 0 Å². The van der Waals surface area contributed by atoms with Crippen LogP contribution in [0.3, 0.4) is 0 Å². The first-order valence-electron chi connectivity index (χ1n) is 7.83. The van der Waals surface area contributed by atoms with Crippen LogP contribution in [-0.2, 0) is 6.54 Å². The zero-order chi connectivity index (χ0) is 17.2. The maximum atomic E-state index is 12.5. The minimum Gasteiger partial charge on any atom is -0.383 e. The smallest absolute Gasteiger partial charge is 0.251 e. The number of carbonyl (C=O) groups excluding carboxylic acids is 1. The molecule has 0 bridgehead atoms. The number of amides is 1. The Morgan fingerprint density at radius 3 is 2.80 bits per heavy atom. The van der Waals surface area contributed by atoms with Gasteiger partial charge in [-0.15, -0.1) is 0 Å². The molecule has 2 aromatic carbocycles. The number of nitrogen functional groups attached to an aromatic ring is 1. The SMILES string of the molecule is Nc1ncnc2cc(C(=O)NCc3cccc4ncccc34)ccc12. The third kappa shape index (κ3) is 2.85. The highest BCUT2D eigenvalue weighted by atomic mass is 16.1. The Morgan fingerprint density at radius 2 is 1.88 bits per heavy atom. The quantitative estimate of drug-likeness (QED) is 0.603. The van der Waals surface area contributed by atoms with Crippen LogP contribution in [0.5, 0.6) is 0 Å². The molecule has 4 aromatic rings. The van der Waals surface area contributed by atoms with Crippen molar-refractivity contribution in [2.24, 2.45) is 0 Å². The molecule has 6 heteroatoms. The van der Waals surface area contributed by atoms with Crippen LogP contribution in [0.4, 0.5) is 5.82 Å². The third-order valence-corrected chi connectivity index (χ3v) is 4.10. The lowest BCUT2D eigenvalue weighted by Crippen LogP contribution is -2.22. The van der Waals surface area contributed by atoms with E-state index in [4.69, 9.17) is 5.73 Å². The number of nitrogens with two attached hydrogens (primary N) is 1. The number of nitrogens with zero attached hydrogens (tertiary/aromatic N) is 3. The largest absolute Gasteiger partial charge is 0.383 e. The average Bonchev–Trinajstić information content (AvgIpc) is 2.66. The second kappa shape index (κ2) is 6.16. The standard InChI is InChI=1S/C19H15N5O/c20-18-15-7-6-12(9-17(15)23-11-24-18)19(25)22-10-13-3-1-5-16-14(13)4-2-8-21-16/h1-9,11H,10H2,(H,22,25)(H2,20,23,24). The molecule has 1 amide bonds. The van der Waals surface area contributed by atoms with Gasteiger partial charge < -0.3 is 11.1 Å². The number of nitrogens with one attached hydrogen (secondary N) is 1. The number of hydrogen-bond acceptors (Lipinski definition) is 5. The van der Waals surface area contributed by atoms with Crippen molar-refractivity contribution in [3.63, 3.8) is 0 Å². The van der Waals surface area contributed by atoms with Crippen molar-refractivity contribution in [1.82, 2.24) is 20.3 Å². The molecule has 0 aliphatic rings. The van der Waals surface area contributed by atoms with E-state index in [0.717, 1.165) is 21.9 Å². The summed E-state index contributed by atoms with van der Waals surface area (Å²) in [4.78, 5) is 24.9. The van der Waals surface area contributed by atoms with Gasteiger partial charge in [-0.25, -0.2) is 9.97 Å². The van der Waals surface area contributed by atoms with Crippen molar-refractivity contribution in [2.45, 2.75) is 6.54 Å². The highest BCUT2D eigenvalue weighted by Gasteiger charge is 2.09. The number of rotatable bonds is 3. The molecular formula is C19H15N5O. The van der Waals surface area contributed by atoms with Crippen LogP contribution in [0, 0.1) is 0 Å². The number of anilines is 1. The number of pyridine rings is 1. The molecule has 0 saturated carbocycles. The molecule has 2 heterocycles. The van der Waals surface area contributed by atoms with Gasteiger partial charge in [0, 0.05) is 29.1 Å². The predicted molar refractivity (Wildman–Crippen MR) is 96.9 cm³/mol. The van der Waals surface area contributed by atoms with Gasteiger partial charge in [0.25, 0.3) is 5.91 Å². The summed E-state index contributed by atoms with van der Waals surface area (Å²) in [6.07, 6.45) is 3.15. The monoisotopic (exact) mass is 329 g/mol. The molecule has 122 valence electrons. The van der Waals surface area contributed by atoms with Crippen molar-refractivity contribution >= 4 is 33.5 Å². The fourth-order valence-electron chi connectivity index (χ4n) is 2.82. The first-order chi connectivity index (χ1) is 12.2. The average molecular weight is 329 g/mol. The van der Waals surface area contributed by atoms with Crippen molar-refractivity contribution in [3.8, 4) is 0 Å². The lowest BCUT2D eigenvalue weighted by atomic mass is 10.1. The summed E-state index contributed by atoms with van der Waals surface area (Å²) in [5, 5.41) is 4.71. The van der Waals surface area contributed by atoms with Gasteiger partial charge >= 0.3 is 0 Å². The molecule has 6 nitrogen and oxygen atoms in total. The van der Waals surface area contributed by atoms with Crippen LogP contribution < -0.4 is 11.1 Å². The summed E-state index contributed by atoms with van der Waals surface area (Å²) in [6, 6.07) is 15.0. The lowest BCUT2D eigenvalue weighted by Gasteiger charge is -2.09. The van der Waals surface area contributed by atoms with Gasteiger partial charge in [-0.1, -0.05) is 18.2 Å². The second-order valence-corrected chi connectivity index (χ2v) is 5.66. The normalized spacial score (nSPS) is 10.9. The van der Waals surface area contributed by atoms with E-state index >= 15 is 0 Å². The molecule has 0 fully saturated rings. The Morgan fingerprint density at radius 1 is 0.960 bits per heavy atom. The molecule has 0 spiro atoms.